The van der Waals surface area contributed by atoms with Crippen LogP contribution in [-0.2, 0) is 0 Å². The molecule has 0 saturated carbocycles. The number of halogens is 1. The standard InChI is InChI=1S/C13H12ClNO2/c1-16-11-4-3-5-12(17-2)13(11)10-8-9(14)6-7-15-10/h3-8H,1-2H3. The fraction of sp³-hybridized carbons (Fsp3) is 0.154. The molecule has 0 fully saturated rings. The topological polar surface area (TPSA) is 31.4 Å². The molecule has 88 valence electrons. The summed E-state index contributed by atoms with van der Waals surface area (Å²) >= 11 is 5.96. The summed E-state index contributed by atoms with van der Waals surface area (Å²) in [6.07, 6.45) is 1.66. The predicted octanol–water partition coefficient (Wildman–Crippen LogP) is 3.42. The van der Waals surface area contributed by atoms with Crippen molar-refractivity contribution in [3.63, 3.8) is 0 Å². The van der Waals surface area contributed by atoms with Gasteiger partial charge in [-0.1, -0.05) is 17.7 Å². The highest BCUT2D eigenvalue weighted by Gasteiger charge is 2.13. The molecule has 0 aliphatic heterocycles. The number of nitrogens with zero attached hydrogens (tertiary/aromatic N) is 1. The number of ether oxygens (including phenoxy) is 2. The molecule has 0 aliphatic carbocycles. The van der Waals surface area contributed by atoms with Crippen LogP contribution in [0.5, 0.6) is 11.5 Å². The SMILES string of the molecule is COc1cccc(OC)c1-c1cc(Cl)ccn1. The number of hydrogen-bond acceptors (Lipinski definition) is 3. The minimum absolute atomic E-state index is 0.628. The number of hydrogen-bond donors (Lipinski definition) is 0. The molecule has 1 aromatic carbocycles. The maximum Gasteiger partial charge on any atom is 0.132 e. The molecule has 0 N–H and O–H groups in total. The molecule has 0 aliphatic rings. The highest BCUT2D eigenvalue weighted by Crippen LogP contribution is 2.37. The molecule has 2 rings (SSSR count). The van der Waals surface area contributed by atoms with E-state index < -0.39 is 0 Å². The Morgan fingerprint density at radius 1 is 1.06 bits per heavy atom. The summed E-state index contributed by atoms with van der Waals surface area (Å²) < 4.78 is 10.6. The van der Waals surface area contributed by atoms with Gasteiger partial charge in [0.2, 0.25) is 0 Å². The van der Waals surface area contributed by atoms with E-state index in [1.54, 1.807) is 32.5 Å². The number of methoxy groups -OCH3 is 2. The van der Waals surface area contributed by atoms with Gasteiger partial charge in [-0.3, -0.25) is 4.98 Å². The minimum atomic E-state index is 0.628. The summed E-state index contributed by atoms with van der Waals surface area (Å²) in [5.41, 5.74) is 1.53. The quantitative estimate of drug-likeness (QED) is 0.835. The summed E-state index contributed by atoms with van der Waals surface area (Å²) in [6, 6.07) is 9.10. The average molecular weight is 250 g/mol. The van der Waals surface area contributed by atoms with Crippen LogP contribution in [0.25, 0.3) is 11.3 Å². The van der Waals surface area contributed by atoms with Crippen LogP contribution in [-0.4, -0.2) is 19.2 Å². The van der Waals surface area contributed by atoms with Crippen LogP contribution in [0.2, 0.25) is 5.02 Å². The lowest BCUT2D eigenvalue weighted by Gasteiger charge is -2.12. The van der Waals surface area contributed by atoms with Gasteiger partial charge in [-0.05, 0) is 24.3 Å². The zero-order valence-electron chi connectivity index (χ0n) is 9.61. The van der Waals surface area contributed by atoms with Crippen LogP contribution in [0.1, 0.15) is 0 Å². The molecule has 0 bridgehead atoms. The van der Waals surface area contributed by atoms with Crippen molar-refractivity contribution in [1.29, 1.82) is 0 Å². The second kappa shape index (κ2) is 5.06. The van der Waals surface area contributed by atoms with Crippen LogP contribution >= 0.6 is 11.6 Å². The molecule has 4 heteroatoms. The molecule has 17 heavy (non-hydrogen) atoms. The Hall–Kier alpha value is -1.74. The molecule has 0 unspecified atom stereocenters. The average Bonchev–Trinajstić information content (AvgIpc) is 2.37. The van der Waals surface area contributed by atoms with E-state index in [0.717, 1.165) is 11.3 Å². The van der Waals surface area contributed by atoms with E-state index in [4.69, 9.17) is 21.1 Å². The monoisotopic (exact) mass is 249 g/mol. The molecule has 0 atom stereocenters. The molecule has 0 radical (unpaired) electrons. The van der Waals surface area contributed by atoms with E-state index in [9.17, 15) is 0 Å². The van der Waals surface area contributed by atoms with Gasteiger partial charge >= 0.3 is 0 Å². The second-order valence-electron chi connectivity index (χ2n) is 3.40. The van der Waals surface area contributed by atoms with Gasteiger partial charge in [-0.15, -0.1) is 0 Å². The Morgan fingerprint density at radius 2 is 1.71 bits per heavy atom. The number of aromatic nitrogens is 1. The van der Waals surface area contributed by atoms with Crippen LogP contribution in [0.15, 0.2) is 36.5 Å². The van der Waals surface area contributed by atoms with Gasteiger partial charge in [0.15, 0.2) is 0 Å². The van der Waals surface area contributed by atoms with Gasteiger partial charge in [0.25, 0.3) is 0 Å². The Kier molecular flexibility index (Phi) is 3.49. The van der Waals surface area contributed by atoms with Gasteiger partial charge in [0.05, 0.1) is 25.5 Å². The fourth-order valence-corrected chi connectivity index (χ4v) is 1.80. The van der Waals surface area contributed by atoms with Crippen molar-refractivity contribution in [2.24, 2.45) is 0 Å². The van der Waals surface area contributed by atoms with E-state index in [2.05, 4.69) is 4.98 Å². The summed E-state index contributed by atoms with van der Waals surface area (Å²) in [7, 11) is 3.23. The molecular formula is C13H12ClNO2. The first-order chi connectivity index (χ1) is 8.26. The Bertz CT molecular complexity index is 506. The van der Waals surface area contributed by atoms with Crippen molar-refractivity contribution in [3.05, 3.63) is 41.6 Å². The largest absolute Gasteiger partial charge is 0.496 e. The summed E-state index contributed by atoms with van der Waals surface area (Å²) in [5.74, 6) is 1.42. The van der Waals surface area contributed by atoms with Crippen molar-refractivity contribution in [3.8, 4) is 22.8 Å². The van der Waals surface area contributed by atoms with Crippen molar-refractivity contribution >= 4 is 11.6 Å². The summed E-state index contributed by atoms with van der Waals surface area (Å²) in [5, 5.41) is 0.628. The van der Waals surface area contributed by atoms with Crippen molar-refractivity contribution < 1.29 is 9.47 Å². The zero-order valence-corrected chi connectivity index (χ0v) is 10.4. The number of benzene rings is 1. The third kappa shape index (κ3) is 2.34. The van der Waals surface area contributed by atoms with Crippen LogP contribution in [0, 0.1) is 0 Å². The molecule has 3 nitrogen and oxygen atoms in total. The first-order valence-electron chi connectivity index (χ1n) is 5.09. The van der Waals surface area contributed by atoms with E-state index in [1.807, 2.05) is 18.2 Å². The lowest BCUT2D eigenvalue weighted by atomic mass is 10.1. The molecule has 1 heterocycles. The maximum absolute atomic E-state index is 5.96. The van der Waals surface area contributed by atoms with Gasteiger partial charge < -0.3 is 9.47 Å². The van der Waals surface area contributed by atoms with Gasteiger partial charge in [0.1, 0.15) is 11.5 Å². The highest BCUT2D eigenvalue weighted by molar-refractivity contribution is 6.30. The van der Waals surface area contributed by atoms with Gasteiger partial charge in [-0.2, -0.15) is 0 Å². The Labute approximate surface area is 105 Å². The van der Waals surface area contributed by atoms with E-state index in [1.165, 1.54) is 0 Å². The molecule has 0 spiro atoms. The van der Waals surface area contributed by atoms with Gasteiger partial charge in [0, 0.05) is 11.2 Å². The number of pyridine rings is 1. The smallest absolute Gasteiger partial charge is 0.132 e. The fourth-order valence-electron chi connectivity index (χ4n) is 1.65. The highest BCUT2D eigenvalue weighted by atomic mass is 35.5. The zero-order chi connectivity index (χ0) is 12.3. The Morgan fingerprint density at radius 3 is 2.24 bits per heavy atom. The molecular weight excluding hydrogens is 238 g/mol. The predicted molar refractivity (Wildman–Crippen MR) is 67.8 cm³/mol. The molecule has 0 amide bonds. The molecule has 2 aromatic rings. The van der Waals surface area contributed by atoms with E-state index in [-0.39, 0.29) is 0 Å². The van der Waals surface area contributed by atoms with Crippen molar-refractivity contribution in [2.75, 3.05) is 14.2 Å². The lowest BCUT2D eigenvalue weighted by Crippen LogP contribution is -1.94. The molecule has 1 aromatic heterocycles. The Balaban J connectivity index is 2.64. The second-order valence-corrected chi connectivity index (χ2v) is 3.83. The third-order valence-electron chi connectivity index (χ3n) is 2.41. The summed E-state index contributed by atoms with van der Waals surface area (Å²) in [4.78, 5) is 4.28. The van der Waals surface area contributed by atoms with Crippen LogP contribution in [0.3, 0.4) is 0 Å². The normalized spacial score (nSPS) is 10.1. The third-order valence-corrected chi connectivity index (χ3v) is 2.64. The first kappa shape index (κ1) is 11.7. The van der Waals surface area contributed by atoms with Crippen molar-refractivity contribution in [2.45, 2.75) is 0 Å². The van der Waals surface area contributed by atoms with Crippen molar-refractivity contribution in [1.82, 2.24) is 4.98 Å². The minimum Gasteiger partial charge on any atom is -0.496 e. The first-order valence-corrected chi connectivity index (χ1v) is 5.47. The van der Waals surface area contributed by atoms with Gasteiger partial charge in [-0.25, -0.2) is 0 Å². The maximum atomic E-state index is 5.96. The molecule has 0 saturated heterocycles. The number of rotatable bonds is 3. The summed E-state index contributed by atoms with van der Waals surface area (Å²) in [6.45, 7) is 0. The van der Waals surface area contributed by atoms with Crippen LogP contribution < -0.4 is 9.47 Å². The van der Waals surface area contributed by atoms with Crippen LogP contribution in [0.4, 0.5) is 0 Å². The van der Waals surface area contributed by atoms with E-state index in [0.29, 0.717) is 16.5 Å². The lowest BCUT2D eigenvalue weighted by molar-refractivity contribution is 0.397. The van der Waals surface area contributed by atoms with E-state index >= 15 is 0 Å².